The summed E-state index contributed by atoms with van der Waals surface area (Å²) in [5.41, 5.74) is 0.573. The highest BCUT2D eigenvalue weighted by molar-refractivity contribution is 7.89. The minimum Gasteiger partial charge on any atom is -0.274 e. The number of hydrogen-bond donors (Lipinski definition) is 0. The van der Waals surface area contributed by atoms with Crippen molar-refractivity contribution in [2.24, 2.45) is 18.9 Å². The van der Waals surface area contributed by atoms with Crippen molar-refractivity contribution in [2.45, 2.75) is 32.1 Å². The monoisotopic (exact) mass is 271 g/mol. The highest BCUT2D eigenvalue weighted by Crippen LogP contribution is 2.27. The molecule has 0 spiro atoms. The van der Waals surface area contributed by atoms with Crippen molar-refractivity contribution in [2.75, 3.05) is 13.1 Å². The summed E-state index contributed by atoms with van der Waals surface area (Å²) >= 11 is 0. The number of sulfonamides is 1. The second-order valence-corrected chi connectivity index (χ2v) is 7.43. The molecule has 0 aromatic carbocycles. The van der Waals surface area contributed by atoms with E-state index in [0.29, 0.717) is 35.5 Å². The summed E-state index contributed by atoms with van der Waals surface area (Å²) < 4.78 is 28.3. The maximum absolute atomic E-state index is 12.6. The molecule has 18 heavy (non-hydrogen) atoms. The van der Waals surface area contributed by atoms with Crippen LogP contribution in [-0.2, 0) is 17.1 Å². The molecule has 2 atom stereocenters. The molecule has 1 aliphatic rings. The Kier molecular flexibility index (Phi) is 3.51. The first-order chi connectivity index (χ1) is 8.30. The average molecular weight is 271 g/mol. The molecule has 1 fully saturated rings. The molecule has 5 nitrogen and oxygen atoms in total. The Hall–Kier alpha value is -0.880. The summed E-state index contributed by atoms with van der Waals surface area (Å²) in [6.07, 6.45) is 2.69. The van der Waals surface area contributed by atoms with E-state index in [4.69, 9.17) is 0 Å². The Morgan fingerprint density at radius 1 is 1.28 bits per heavy atom. The van der Waals surface area contributed by atoms with Crippen LogP contribution in [0.25, 0.3) is 0 Å². The molecule has 0 N–H and O–H groups in total. The van der Waals surface area contributed by atoms with Crippen LogP contribution in [0.4, 0.5) is 0 Å². The Morgan fingerprint density at radius 3 is 2.28 bits per heavy atom. The zero-order valence-corrected chi connectivity index (χ0v) is 12.2. The van der Waals surface area contributed by atoms with Crippen molar-refractivity contribution in [1.29, 1.82) is 0 Å². The van der Waals surface area contributed by atoms with Gasteiger partial charge < -0.3 is 0 Å². The van der Waals surface area contributed by atoms with Gasteiger partial charge in [0.05, 0.1) is 5.69 Å². The molecular weight excluding hydrogens is 250 g/mol. The van der Waals surface area contributed by atoms with Crippen LogP contribution in [0.15, 0.2) is 11.1 Å². The zero-order chi connectivity index (χ0) is 13.5. The summed E-state index contributed by atoms with van der Waals surface area (Å²) in [7, 11) is -1.64. The van der Waals surface area contributed by atoms with Gasteiger partial charge in [-0.25, -0.2) is 8.42 Å². The second kappa shape index (κ2) is 4.66. The van der Waals surface area contributed by atoms with Gasteiger partial charge in [0.2, 0.25) is 10.0 Å². The highest BCUT2D eigenvalue weighted by atomic mass is 32.2. The third-order valence-electron chi connectivity index (χ3n) is 3.42. The van der Waals surface area contributed by atoms with Gasteiger partial charge in [0.1, 0.15) is 4.90 Å². The first kappa shape index (κ1) is 13.5. The van der Waals surface area contributed by atoms with E-state index in [1.54, 1.807) is 29.2 Å². The molecular formula is C12H21N3O2S. The van der Waals surface area contributed by atoms with Gasteiger partial charge in [0.15, 0.2) is 0 Å². The van der Waals surface area contributed by atoms with E-state index in [0.717, 1.165) is 6.42 Å². The summed E-state index contributed by atoms with van der Waals surface area (Å²) in [6, 6.07) is 0. The van der Waals surface area contributed by atoms with E-state index in [1.807, 2.05) is 0 Å². The largest absolute Gasteiger partial charge is 0.274 e. The molecule has 0 amide bonds. The lowest BCUT2D eigenvalue weighted by Crippen LogP contribution is -2.42. The lowest BCUT2D eigenvalue weighted by molar-refractivity contribution is 0.222. The predicted octanol–water partition coefficient (Wildman–Crippen LogP) is 1.40. The van der Waals surface area contributed by atoms with Gasteiger partial charge in [0, 0.05) is 26.3 Å². The standard InChI is InChI=1S/C12H21N3O2S/c1-9-5-10(2)7-15(6-9)18(16,17)12-8-14(4)13-11(12)3/h8-10H,5-7H2,1-4H3/t9-,10-/m1/s1. The van der Waals surface area contributed by atoms with Crippen molar-refractivity contribution < 1.29 is 8.42 Å². The lowest BCUT2D eigenvalue weighted by atomic mass is 9.94. The van der Waals surface area contributed by atoms with E-state index in [-0.39, 0.29) is 0 Å². The first-order valence-electron chi connectivity index (χ1n) is 6.31. The summed E-state index contributed by atoms with van der Waals surface area (Å²) in [5, 5.41) is 4.12. The summed E-state index contributed by atoms with van der Waals surface area (Å²) in [4.78, 5) is 0.339. The van der Waals surface area contributed by atoms with E-state index in [2.05, 4.69) is 18.9 Å². The van der Waals surface area contributed by atoms with Crippen LogP contribution < -0.4 is 0 Å². The molecule has 1 aliphatic heterocycles. The van der Waals surface area contributed by atoms with Crippen LogP contribution in [-0.4, -0.2) is 35.6 Å². The van der Waals surface area contributed by atoms with Crippen molar-refractivity contribution in [3.05, 3.63) is 11.9 Å². The topological polar surface area (TPSA) is 55.2 Å². The normalized spacial score (nSPS) is 26.4. The van der Waals surface area contributed by atoms with Crippen LogP contribution in [0.3, 0.4) is 0 Å². The van der Waals surface area contributed by atoms with Crippen LogP contribution in [0, 0.1) is 18.8 Å². The Labute approximate surface area is 109 Å². The molecule has 0 radical (unpaired) electrons. The minimum absolute atomic E-state index is 0.339. The molecule has 2 heterocycles. The number of hydrogen-bond acceptors (Lipinski definition) is 3. The van der Waals surface area contributed by atoms with Crippen LogP contribution in [0.2, 0.25) is 0 Å². The number of rotatable bonds is 2. The van der Waals surface area contributed by atoms with Gasteiger partial charge in [-0.15, -0.1) is 0 Å². The average Bonchev–Trinajstić information content (AvgIpc) is 2.57. The highest BCUT2D eigenvalue weighted by Gasteiger charge is 2.33. The Balaban J connectivity index is 2.34. The number of nitrogens with zero attached hydrogens (tertiary/aromatic N) is 3. The van der Waals surface area contributed by atoms with Crippen LogP contribution in [0.1, 0.15) is 26.0 Å². The van der Waals surface area contributed by atoms with Crippen molar-refractivity contribution >= 4 is 10.0 Å². The second-order valence-electron chi connectivity index (χ2n) is 5.52. The summed E-state index contributed by atoms with van der Waals surface area (Å²) in [5.74, 6) is 0.834. The molecule has 0 saturated carbocycles. The van der Waals surface area contributed by atoms with Gasteiger partial charge in [-0.2, -0.15) is 9.40 Å². The maximum atomic E-state index is 12.6. The van der Waals surface area contributed by atoms with E-state index < -0.39 is 10.0 Å². The molecule has 1 aromatic rings. The van der Waals surface area contributed by atoms with Crippen LogP contribution >= 0.6 is 0 Å². The van der Waals surface area contributed by atoms with E-state index in [9.17, 15) is 8.42 Å². The molecule has 6 heteroatoms. The van der Waals surface area contributed by atoms with Crippen LogP contribution in [0.5, 0.6) is 0 Å². The number of aromatic nitrogens is 2. The smallest absolute Gasteiger partial charge is 0.246 e. The summed E-state index contributed by atoms with van der Waals surface area (Å²) in [6.45, 7) is 7.17. The molecule has 0 unspecified atom stereocenters. The van der Waals surface area contributed by atoms with E-state index >= 15 is 0 Å². The minimum atomic E-state index is -3.39. The van der Waals surface area contributed by atoms with Gasteiger partial charge in [-0.05, 0) is 25.2 Å². The molecule has 0 bridgehead atoms. The molecule has 2 rings (SSSR count). The lowest BCUT2D eigenvalue weighted by Gasteiger charge is -2.33. The Morgan fingerprint density at radius 2 is 1.83 bits per heavy atom. The molecule has 1 saturated heterocycles. The third-order valence-corrected chi connectivity index (χ3v) is 5.36. The molecule has 1 aromatic heterocycles. The van der Waals surface area contributed by atoms with Gasteiger partial charge in [0.25, 0.3) is 0 Å². The fraction of sp³-hybridized carbons (Fsp3) is 0.750. The number of piperidine rings is 1. The van der Waals surface area contributed by atoms with Crippen molar-refractivity contribution in [3.63, 3.8) is 0 Å². The SMILES string of the molecule is Cc1nn(C)cc1S(=O)(=O)N1C[C@H](C)C[C@@H](C)C1. The zero-order valence-electron chi connectivity index (χ0n) is 11.4. The van der Waals surface area contributed by atoms with Crippen molar-refractivity contribution in [3.8, 4) is 0 Å². The van der Waals surface area contributed by atoms with Gasteiger partial charge in [-0.3, -0.25) is 4.68 Å². The maximum Gasteiger partial charge on any atom is 0.246 e. The number of aryl methyl sites for hydroxylation is 2. The van der Waals surface area contributed by atoms with Gasteiger partial charge in [-0.1, -0.05) is 13.8 Å². The quantitative estimate of drug-likeness (QED) is 0.817. The van der Waals surface area contributed by atoms with Crippen molar-refractivity contribution in [1.82, 2.24) is 14.1 Å². The fourth-order valence-corrected chi connectivity index (χ4v) is 4.65. The first-order valence-corrected chi connectivity index (χ1v) is 7.75. The Bertz CT molecular complexity index is 526. The van der Waals surface area contributed by atoms with E-state index in [1.165, 1.54) is 0 Å². The molecule has 102 valence electrons. The fourth-order valence-electron chi connectivity index (χ4n) is 2.77. The molecule has 0 aliphatic carbocycles. The predicted molar refractivity (Wildman–Crippen MR) is 69.6 cm³/mol. The van der Waals surface area contributed by atoms with Gasteiger partial charge >= 0.3 is 0 Å². The third kappa shape index (κ3) is 2.44.